The predicted molar refractivity (Wildman–Crippen MR) is 357 cm³/mol. The third-order valence-electron chi connectivity index (χ3n) is 14.0. The molecule has 0 aliphatic carbocycles. The summed E-state index contributed by atoms with van der Waals surface area (Å²) in [5.41, 5.74) is 0. The molecule has 464 valence electrons. The molecule has 0 N–H and O–H groups in total. The number of ether oxygens (including phenoxy) is 3. The van der Waals surface area contributed by atoms with Crippen LogP contribution >= 0.6 is 0 Å². The molecule has 0 spiro atoms. The van der Waals surface area contributed by atoms with E-state index in [0.717, 1.165) is 122 Å². The Balaban J connectivity index is 4.47. The first-order valence-corrected chi connectivity index (χ1v) is 33.8. The summed E-state index contributed by atoms with van der Waals surface area (Å²) in [6.07, 6.45) is 98.6. The molecule has 0 saturated carbocycles. The maximum absolute atomic E-state index is 12.9. The molecule has 0 bridgehead atoms. The molecule has 0 amide bonds. The lowest BCUT2D eigenvalue weighted by atomic mass is 10.1. The highest BCUT2D eigenvalue weighted by Crippen LogP contribution is 2.15. The van der Waals surface area contributed by atoms with Crippen molar-refractivity contribution in [2.24, 2.45) is 0 Å². The van der Waals surface area contributed by atoms with Crippen LogP contribution in [0.4, 0.5) is 0 Å². The summed E-state index contributed by atoms with van der Waals surface area (Å²) in [5, 5.41) is 0. The molecule has 0 rings (SSSR count). The van der Waals surface area contributed by atoms with E-state index in [0.29, 0.717) is 19.3 Å². The largest absolute Gasteiger partial charge is 0.462 e. The molecule has 0 aliphatic heterocycles. The summed E-state index contributed by atoms with van der Waals surface area (Å²) in [7, 11) is 0. The SMILES string of the molecule is CC/C=C\C/C=C\C/C=C\C/C=C\C/C=C\C/C=C\C/C=C\C/C=C\C/C=C\CCCC(=O)OCC(COC(=O)CCCCCCC/C=C\CCCCCCC)OC(=O)CCCCCCCCCCC/C=C\C/C=C\CCCCCCC. The number of hydrogen-bond donors (Lipinski definition) is 0. The first-order valence-electron chi connectivity index (χ1n) is 33.8. The Labute approximate surface area is 506 Å². The van der Waals surface area contributed by atoms with Crippen LogP contribution in [0.1, 0.15) is 297 Å². The molecular weight excluding hydrogens is 1010 g/mol. The fourth-order valence-electron chi connectivity index (χ4n) is 9.00. The van der Waals surface area contributed by atoms with E-state index in [1.54, 1.807) is 0 Å². The number of esters is 3. The zero-order valence-corrected chi connectivity index (χ0v) is 53.2. The van der Waals surface area contributed by atoms with E-state index in [-0.39, 0.29) is 37.5 Å². The lowest BCUT2D eigenvalue weighted by molar-refractivity contribution is -0.167. The van der Waals surface area contributed by atoms with Crippen LogP contribution in [0, 0.1) is 0 Å². The molecule has 0 fully saturated rings. The van der Waals surface area contributed by atoms with Gasteiger partial charge < -0.3 is 14.2 Å². The minimum Gasteiger partial charge on any atom is -0.462 e. The lowest BCUT2D eigenvalue weighted by Crippen LogP contribution is -2.30. The molecule has 0 saturated heterocycles. The van der Waals surface area contributed by atoms with E-state index in [1.807, 2.05) is 0 Å². The van der Waals surface area contributed by atoms with Crippen molar-refractivity contribution in [2.75, 3.05) is 13.2 Å². The second-order valence-corrected chi connectivity index (χ2v) is 22.0. The fourth-order valence-corrected chi connectivity index (χ4v) is 9.00. The Morgan fingerprint density at radius 2 is 0.488 bits per heavy atom. The van der Waals surface area contributed by atoms with Crippen molar-refractivity contribution in [3.8, 4) is 0 Å². The van der Waals surface area contributed by atoms with Gasteiger partial charge in [-0.3, -0.25) is 14.4 Å². The van der Waals surface area contributed by atoms with Crippen LogP contribution in [-0.2, 0) is 28.6 Å². The molecule has 0 aromatic rings. The monoisotopic (exact) mass is 1130 g/mol. The summed E-state index contributed by atoms with van der Waals surface area (Å²) in [6.45, 7) is 6.46. The van der Waals surface area contributed by atoms with Gasteiger partial charge in [-0.1, -0.05) is 282 Å². The van der Waals surface area contributed by atoms with Gasteiger partial charge in [-0.05, 0) is 141 Å². The van der Waals surface area contributed by atoms with Crippen LogP contribution in [0.2, 0.25) is 0 Å². The second kappa shape index (κ2) is 68.8. The van der Waals surface area contributed by atoms with Crippen LogP contribution < -0.4 is 0 Å². The molecule has 6 heteroatoms. The molecule has 0 aromatic heterocycles. The molecule has 0 radical (unpaired) electrons. The lowest BCUT2D eigenvalue weighted by Gasteiger charge is -2.18. The number of carbonyl (C=O) groups excluding carboxylic acids is 3. The molecule has 1 atom stereocenters. The van der Waals surface area contributed by atoms with Gasteiger partial charge in [0.25, 0.3) is 0 Å². The number of unbranched alkanes of at least 4 members (excludes halogenated alkanes) is 25. The zero-order chi connectivity index (χ0) is 59.2. The molecular formula is C76H124O6. The fraction of sp³-hybridized carbons (Fsp3) is 0.645. The summed E-state index contributed by atoms with van der Waals surface area (Å²) in [6, 6.07) is 0. The number of rotatable bonds is 60. The average molecular weight is 1130 g/mol. The number of allylic oxidation sites excluding steroid dienone is 24. The molecule has 0 aromatic carbocycles. The molecule has 1 unspecified atom stereocenters. The smallest absolute Gasteiger partial charge is 0.306 e. The van der Waals surface area contributed by atoms with Gasteiger partial charge in [-0.25, -0.2) is 0 Å². The van der Waals surface area contributed by atoms with Crippen LogP contribution in [0.3, 0.4) is 0 Å². The molecule has 0 aliphatic rings. The Morgan fingerprint density at radius 1 is 0.256 bits per heavy atom. The van der Waals surface area contributed by atoms with Gasteiger partial charge >= 0.3 is 17.9 Å². The molecule has 6 nitrogen and oxygen atoms in total. The average Bonchev–Trinajstić information content (AvgIpc) is 3.47. The normalized spacial score (nSPS) is 13.1. The van der Waals surface area contributed by atoms with Crippen molar-refractivity contribution < 1.29 is 28.6 Å². The van der Waals surface area contributed by atoms with Crippen molar-refractivity contribution in [1.29, 1.82) is 0 Å². The highest BCUT2D eigenvalue weighted by Gasteiger charge is 2.19. The molecule has 82 heavy (non-hydrogen) atoms. The standard InChI is InChI=1S/C76H124O6/c1-4-7-10-13-16-19-22-25-28-30-32-34-35-36-37-38-39-40-41-43-44-46-48-51-54-57-60-63-66-69-75(78)81-72-73(71-80-74(77)68-65-62-59-56-53-50-27-24-21-18-15-12-9-6-3)82-76(79)70-67-64-61-58-55-52-49-47-45-42-33-31-29-26-23-20-17-14-11-8-5-2/h7,10,16,19,23-28,31-34,36-37,39-40,43-44,48,51,57,60,73H,4-6,8-9,11-15,17-18,20-22,29-30,35,38,41-42,45-47,49-50,52-56,58-59,61-72H2,1-3H3/b10-7-,19-16-,26-23-,27-24-,28-25-,33-31-,34-32-,37-36-,40-39-,44-43-,51-48-,60-57-. The summed E-state index contributed by atoms with van der Waals surface area (Å²) in [5.74, 6) is -0.978. The van der Waals surface area contributed by atoms with Crippen LogP contribution in [0.25, 0.3) is 0 Å². The summed E-state index contributed by atoms with van der Waals surface area (Å²) in [4.78, 5) is 38.4. The van der Waals surface area contributed by atoms with Crippen molar-refractivity contribution in [2.45, 2.75) is 303 Å². The van der Waals surface area contributed by atoms with Crippen LogP contribution in [0.5, 0.6) is 0 Å². The second-order valence-electron chi connectivity index (χ2n) is 22.0. The van der Waals surface area contributed by atoms with Gasteiger partial charge in [0.1, 0.15) is 13.2 Å². The predicted octanol–water partition coefficient (Wildman–Crippen LogP) is 23.5. The third kappa shape index (κ3) is 66.1. The zero-order valence-electron chi connectivity index (χ0n) is 53.2. The third-order valence-corrected chi connectivity index (χ3v) is 14.0. The van der Waals surface area contributed by atoms with Gasteiger partial charge in [0.2, 0.25) is 0 Å². The van der Waals surface area contributed by atoms with Crippen molar-refractivity contribution in [3.63, 3.8) is 0 Å². The van der Waals surface area contributed by atoms with Gasteiger partial charge in [-0.15, -0.1) is 0 Å². The maximum Gasteiger partial charge on any atom is 0.306 e. The Morgan fingerprint density at radius 3 is 0.805 bits per heavy atom. The Bertz CT molecular complexity index is 1780. The Kier molecular flexibility index (Phi) is 64.8. The summed E-state index contributed by atoms with van der Waals surface area (Å²) < 4.78 is 16.9. The highest BCUT2D eigenvalue weighted by atomic mass is 16.6. The van der Waals surface area contributed by atoms with E-state index in [1.165, 1.54) is 128 Å². The van der Waals surface area contributed by atoms with E-state index in [4.69, 9.17) is 14.2 Å². The van der Waals surface area contributed by atoms with Gasteiger partial charge in [0.15, 0.2) is 6.10 Å². The van der Waals surface area contributed by atoms with Crippen molar-refractivity contribution in [3.05, 3.63) is 146 Å². The van der Waals surface area contributed by atoms with E-state index >= 15 is 0 Å². The van der Waals surface area contributed by atoms with Gasteiger partial charge in [0.05, 0.1) is 0 Å². The van der Waals surface area contributed by atoms with Crippen molar-refractivity contribution >= 4 is 17.9 Å². The van der Waals surface area contributed by atoms with E-state index in [9.17, 15) is 14.4 Å². The Hall–Kier alpha value is -4.71. The van der Waals surface area contributed by atoms with Gasteiger partial charge in [-0.2, -0.15) is 0 Å². The highest BCUT2D eigenvalue weighted by molar-refractivity contribution is 5.71. The first kappa shape index (κ1) is 77.3. The minimum absolute atomic E-state index is 0.106. The van der Waals surface area contributed by atoms with Crippen LogP contribution in [-0.4, -0.2) is 37.2 Å². The minimum atomic E-state index is -0.815. The summed E-state index contributed by atoms with van der Waals surface area (Å²) >= 11 is 0. The molecule has 0 heterocycles. The number of hydrogen-bond acceptors (Lipinski definition) is 6. The van der Waals surface area contributed by atoms with Crippen molar-refractivity contribution in [1.82, 2.24) is 0 Å². The number of carbonyl (C=O) groups is 3. The maximum atomic E-state index is 12.9. The van der Waals surface area contributed by atoms with Gasteiger partial charge in [0, 0.05) is 19.3 Å². The quantitative estimate of drug-likeness (QED) is 0.0261. The van der Waals surface area contributed by atoms with Crippen LogP contribution in [0.15, 0.2) is 146 Å². The van der Waals surface area contributed by atoms with E-state index in [2.05, 4.69) is 167 Å². The first-order chi connectivity index (χ1) is 40.5. The topological polar surface area (TPSA) is 78.9 Å². The van der Waals surface area contributed by atoms with E-state index < -0.39 is 6.10 Å².